The number of aliphatic hydroxyl groups excluding tert-OH is 2. The molecule has 0 saturated carbocycles. The first-order chi connectivity index (χ1) is 12.2. The molecule has 2 N–H and O–H groups in total. The maximum atomic E-state index is 11.6. The summed E-state index contributed by atoms with van der Waals surface area (Å²) in [7, 11) is 0. The van der Waals surface area contributed by atoms with E-state index in [2.05, 4.69) is 6.58 Å². The Morgan fingerprint density at radius 2 is 1.20 bits per heavy atom. The third-order valence-corrected chi connectivity index (χ3v) is 3.00. The average molecular weight is 364 g/mol. The lowest BCUT2D eigenvalue weighted by molar-refractivity contribution is -0.143. The Labute approximate surface area is 149 Å². The molecule has 0 fully saturated rings. The molecule has 148 valence electrons. The second-order valence-electron chi connectivity index (χ2n) is 5.11. The zero-order chi connectivity index (χ0) is 18.6. The van der Waals surface area contributed by atoms with Crippen LogP contribution in [0.2, 0.25) is 0 Å². The van der Waals surface area contributed by atoms with E-state index in [4.69, 9.17) is 33.9 Å². The van der Waals surface area contributed by atoms with Crippen molar-refractivity contribution < 1.29 is 38.7 Å². The summed E-state index contributed by atoms with van der Waals surface area (Å²) in [4.78, 5) is 11.6. The largest absolute Gasteiger partial charge is 0.485 e. The molecule has 0 aliphatic rings. The molecule has 0 spiro atoms. The smallest absolute Gasteiger partial charge is 0.372 e. The minimum absolute atomic E-state index is 0.00652. The molecule has 0 rings (SSSR count). The fourth-order valence-electron chi connectivity index (χ4n) is 1.70. The summed E-state index contributed by atoms with van der Waals surface area (Å²) in [5.74, 6) is -0.593. The highest BCUT2D eigenvalue weighted by Crippen LogP contribution is 2.02. The number of unbranched alkanes of at least 4 members (excludes halogenated alkanes) is 3. The molecule has 0 aliphatic carbocycles. The van der Waals surface area contributed by atoms with E-state index in [-0.39, 0.29) is 25.6 Å². The third-order valence-electron chi connectivity index (χ3n) is 3.00. The molecule has 0 atom stereocenters. The molecule has 0 heterocycles. The minimum atomic E-state index is -0.562. The minimum Gasteiger partial charge on any atom is -0.485 e. The van der Waals surface area contributed by atoms with Gasteiger partial charge in [0.15, 0.2) is 5.76 Å². The van der Waals surface area contributed by atoms with E-state index in [0.717, 1.165) is 25.7 Å². The van der Waals surface area contributed by atoms with Crippen molar-refractivity contribution in [2.75, 3.05) is 66.1 Å². The Hall–Kier alpha value is -1.19. The van der Waals surface area contributed by atoms with E-state index < -0.39 is 5.97 Å². The Balaban J connectivity index is 3.32. The molecule has 0 aromatic heterocycles. The molecule has 0 bridgehead atoms. The first-order valence-electron chi connectivity index (χ1n) is 8.66. The van der Waals surface area contributed by atoms with Gasteiger partial charge in [0.2, 0.25) is 0 Å². The summed E-state index contributed by atoms with van der Waals surface area (Å²) in [6.07, 6.45) is 3.35. The number of carbonyl (C=O) groups excluding carboxylic acids is 1. The quantitative estimate of drug-likeness (QED) is 0.149. The van der Waals surface area contributed by atoms with Crippen LogP contribution >= 0.6 is 0 Å². The Morgan fingerprint density at radius 1 is 0.640 bits per heavy atom. The maximum absolute atomic E-state index is 11.6. The Morgan fingerprint density at radius 3 is 1.80 bits per heavy atom. The predicted molar refractivity (Wildman–Crippen MR) is 91.1 cm³/mol. The van der Waals surface area contributed by atoms with Crippen LogP contribution in [-0.2, 0) is 28.5 Å². The first kappa shape index (κ1) is 23.8. The SMILES string of the molecule is C=C(OCCOCCOCCOCCO)C(=O)OCCCCCCO. The Bertz CT molecular complexity index is 322. The van der Waals surface area contributed by atoms with Crippen LogP contribution in [0, 0.1) is 0 Å². The summed E-state index contributed by atoms with van der Waals surface area (Å²) < 4.78 is 25.7. The van der Waals surface area contributed by atoms with Crippen LogP contribution < -0.4 is 0 Å². The second kappa shape index (κ2) is 19.1. The fraction of sp³-hybridized carbons (Fsp3) is 0.824. The molecule has 0 saturated heterocycles. The lowest BCUT2D eigenvalue weighted by Gasteiger charge is -2.10. The van der Waals surface area contributed by atoms with Gasteiger partial charge in [0.1, 0.15) is 6.61 Å². The van der Waals surface area contributed by atoms with Gasteiger partial charge in [-0.3, -0.25) is 0 Å². The van der Waals surface area contributed by atoms with Crippen molar-refractivity contribution in [3.63, 3.8) is 0 Å². The number of esters is 1. The average Bonchev–Trinajstić information content (AvgIpc) is 2.62. The topological polar surface area (TPSA) is 104 Å². The van der Waals surface area contributed by atoms with Crippen LogP contribution in [0.4, 0.5) is 0 Å². The highest BCUT2D eigenvalue weighted by molar-refractivity contribution is 5.85. The van der Waals surface area contributed by atoms with E-state index in [0.29, 0.717) is 46.2 Å². The number of aliphatic hydroxyl groups is 2. The molecule has 0 amide bonds. The van der Waals surface area contributed by atoms with Gasteiger partial charge < -0.3 is 33.9 Å². The van der Waals surface area contributed by atoms with Crippen molar-refractivity contribution >= 4 is 5.97 Å². The van der Waals surface area contributed by atoms with E-state index in [1.165, 1.54) is 0 Å². The number of carbonyl (C=O) groups is 1. The van der Waals surface area contributed by atoms with Crippen molar-refractivity contribution in [2.45, 2.75) is 25.7 Å². The monoisotopic (exact) mass is 364 g/mol. The fourth-order valence-corrected chi connectivity index (χ4v) is 1.70. The van der Waals surface area contributed by atoms with Gasteiger partial charge in [0, 0.05) is 6.61 Å². The molecule has 0 unspecified atom stereocenters. The van der Waals surface area contributed by atoms with Crippen molar-refractivity contribution in [3.8, 4) is 0 Å². The third kappa shape index (κ3) is 17.4. The zero-order valence-corrected chi connectivity index (χ0v) is 15.0. The summed E-state index contributed by atoms with van der Waals surface area (Å²) in [5, 5.41) is 17.1. The predicted octanol–water partition coefficient (Wildman–Crippen LogP) is 0.655. The number of rotatable bonds is 19. The van der Waals surface area contributed by atoms with Crippen LogP contribution in [0.5, 0.6) is 0 Å². The maximum Gasteiger partial charge on any atom is 0.372 e. The Kier molecular flexibility index (Phi) is 18.2. The highest BCUT2D eigenvalue weighted by Gasteiger charge is 2.09. The van der Waals surface area contributed by atoms with Crippen LogP contribution in [0.25, 0.3) is 0 Å². The van der Waals surface area contributed by atoms with Gasteiger partial charge in [-0.05, 0) is 25.8 Å². The lowest BCUT2D eigenvalue weighted by Crippen LogP contribution is -2.15. The van der Waals surface area contributed by atoms with Gasteiger partial charge in [-0.1, -0.05) is 6.42 Å². The molecule has 25 heavy (non-hydrogen) atoms. The summed E-state index contributed by atoms with van der Waals surface area (Å²) in [6, 6.07) is 0. The standard InChI is InChI=1S/C17H32O8/c1-16(17(20)25-8-5-3-2-4-6-18)24-15-14-23-13-12-22-11-10-21-9-7-19/h18-19H,1-15H2. The molecule has 0 aromatic carbocycles. The van der Waals surface area contributed by atoms with Crippen LogP contribution in [0.15, 0.2) is 12.3 Å². The lowest BCUT2D eigenvalue weighted by atomic mass is 10.2. The first-order valence-corrected chi connectivity index (χ1v) is 8.66. The number of ether oxygens (including phenoxy) is 5. The van der Waals surface area contributed by atoms with Gasteiger partial charge >= 0.3 is 5.97 Å². The van der Waals surface area contributed by atoms with E-state index in [1.54, 1.807) is 0 Å². The van der Waals surface area contributed by atoms with Gasteiger partial charge in [0.25, 0.3) is 0 Å². The van der Waals surface area contributed by atoms with Gasteiger partial charge in [-0.2, -0.15) is 0 Å². The van der Waals surface area contributed by atoms with Crippen LogP contribution in [0.3, 0.4) is 0 Å². The molecular formula is C17H32O8. The molecule has 8 nitrogen and oxygen atoms in total. The molecule has 0 radical (unpaired) electrons. The van der Waals surface area contributed by atoms with Crippen molar-refractivity contribution in [1.29, 1.82) is 0 Å². The van der Waals surface area contributed by atoms with Crippen molar-refractivity contribution in [2.24, 2.45) is 0 Å². The van der Waals surface area contributed by atoms with E-state index in [1.807, 2.05) is 0 Å². The second-order valence-corrected chi connectivity index (χ2v) is 5.11. The molecule has 0 aliphatic heterocycles. The zero-order valence-electron chi connectivity index (χ0n) is 15.0. The molecule has 0 aromatic rings. The number of hydrogen-bond acceptors (Lipinski definition) is 8. The van der Waals surface area contributed by atoms with Gasteiger partial charge in [-0.15, -0.1) is 0 Å². The highest BCUT2D eigenvalue weighted by atomic mass is 16.6. The number of hydrogen-bond donors (Lipinski definition) is 2. The normalized spacial score (nSPS) is 10.6. The van der Waals surface area contributed by atoms with Crippen molar-refractivity contribution in [1.82, 2.24) is 0 Å². The summed E-state index contributed by atoms with van der Waals surface area (Å²) >= 11 is 0. The summed E-state index contributed by atoms with van der Waals surface area (Å²) in [6.45, 7) is 6.61. The van der Waals surface area contributed by atoms with E-state index in [9.17, 15) is 4.79 Å². The van der Waals surface area contributed by atoms with Crippen LogP contribution in [0.1, 0.15) is 25.7 Å². The van der Waals surface area contributed by atoms with Gasteiger partial charge in [-0.25, -0.2) is 4.79 Å². The molecule has 8 heteroatoms. The summed E-state index contributed by atoms with van der Waals surface area (Å²) in [5.41, 5.74) is 0. The van der Waals surface area contributed by atoms with Crippen molar-refractivity contribution in [3.05, 3.63) is 12.3 Å². The molecular weight excluding hydrogens is 332 g/mol. The van der Waals surface area contributed by atoms with Crippen LogP contribution in [-0.4, -0.2) is 82.3 Å². The van der Waals surface area contributed by atoms with Gasteiger partial charge in [0.05, 0.1) is 52.9 Å². The van der Waals surface area contributed by atoms with E-state index >= 15 is 0 Å².